The summed E-state index contributed by atoms with van der Waals surface area (Å²) in [5.74, 6) is 1.47. The molecule has 1 aromatic heterocycles. The van der Waals surface area contributed by atoms with Gasteiger partial charge in [-0.05, 0) is 26.0 Å². The van der Waals surface area contributed by atoms with Crippen molar-refractivity contribution in [2.24, 2.45) is 0 Å². The highest BCUT2D eigenvalue weighted by Gasteiger charge is 2.28. The number of hydrogen-bond donors (Lipinski definition) is 1. The molecule has 0 aliphatic rings. The molecular weight excluding hydrogens is 250 g/mol. The van der Waals surface area contributed by atoms with Gasteiger partial charge in [-0.2, -0.15) is 4.98 Å². The van der Waals surface area contributed by atoms with E-state index in [0.29, 0.717) is 11.9 Å². The summed E-state index contributed by atoms with van der Waals surface area (Å²) in [6, 6.07) is 10.7. The van der Waals surface area contributed by atoms with E-state index in [1.807, 2.05) is 13.1 Å². The lowest BCUT2D eigenvalue weighted by Crippen LogP contribution is -2.24. The second kappa shape index (κ2) is 6.18. The third-order valence-corrected chi connectivity index (χ3v) is 3.52. The Kier molecular flexibility index (Phi) is 4.55. The average Bonchev–Trinajstić information content (AvgIpc) is 2.88. The van der Waals surface area contributed by atoms with Crippen LogP contribution in [0.5, 0.6) is 0 Å². The van der Waals surface area contributed by atoms with E-state index in [4.69, 9.17) is 4.52 Å². The Balaban J connectivity index is 2.09. The van der Waals surface area contributed by atoms with Crippen molar-refractivity contribution in [1.82, 2.24) is 15.5 Å². The molecule has 0 bridgehead atoms. The number of benzene rings is 1. The van der Waals surface area contributed by atoms with Crippen molar-refractivity contribution in [2.45, 2.75) is 45.1 Å². The van der Waals surface area contributed by atoms with E-state index < -0.39 is 0 Å². The monoisotopic (exact) mass is 273 g/mol. The molecule has 0 aliphatic carbocycles. The van der Waals surface area contributed by atoms with E-state index in [0.717, 1.165) is 18.7 Å². The molecule has 0 saturated carbocycles. The molecule has 0 amide bonds. The van der Waals surface area contributed by atoms with Crippen LogP contribution < -0.4 is 5.32 Å². The number of likely N-dealkylation sites (N-methyl/N-ethyl adjacent to an activating group) is 1. The van der Waals surface area contributed by atoms with Crippen molar-refractivity contribution in [3.8, 4) is 0 Å². The summed E-state index contributed by atoms with van der Waals surface area (Å²) in [7, 11) is 1.94. The molecule has 2 rings (SSSR count). The van der Waals surface area contributed by atoms with Crippen LogP contribution >= 0.6 is 0 Å². The fraction of sp³-hybridized carbons (Fsp3) is 0.500. The van der Waals surface area contributed by atoms with Gasteiger partial charge in [-0.3, -0.25) is 0 Å². The van der Waals surface area contributed by atoms with Gasteiger partial charge < -0.3 is 9.84 Å². The van der Waals surface area contributed by atoms with Crippen LogP contribution in [0.2, 0.25) is 0 Å². The maximum Gasteiger partial charge on any atom is 0.232 e. The van der Waals surface area contributed by atoms with Gasteiger partial charge in [0.25, 0.3) is 0 Å². The number of hydrogen-bond acceptors (Lipinski definition) is 4. The maximum atomic E-state index is 5.46. The predicted molar refractivity (Wildman–Crippen MR) is 79.7 cm³/mol. The first-order valence-electron chi connectivity index (χ1n) is 7.05. The minimum atomic E-state index is -0.157. The molecule has 1 heterocycles. The Hall–Kier alpha value is -1.68. The molecule has 2 aromatic rings. The summed E-state index contributed by atoms with van der Waals surface area (Å²) in [6.45, 7) is 6.38. The topological polar surface area (TPSA) is 51.0 Å². The van der Waals surface area contributed by atoms with Gasteiger partial charge in [0.1, 0.15) is 0 Å². The van der Waals surface area contributed by atoms with Gasteiger partial charge >= 0.3 is 0 Å². The van der Waals surface area contributed by atoms with E-state index in [1.165, 1.54) is 5.56 Å². The van der Waals surface area contributed by atoms with Gasteiger partial charge in [0.15, 0.2) is 5.82 Å². The second-order valence-electron chi connectivity index (χ2n) is 5.96. The maximum absolute atomic E-state index is 5.46. The number of rotatable bonds is 6. The van der Waals surface area contributed by atoms with Crippen molar-refractivity contribution >= 4 is 0 Å². The molecule has 4 heteroatoms. The highest BCUT2D eigenvalue weighted by molar-refractivity contribution is 5.19. The van der Waals surface area contributed by atoms with Crippen molar-refractivity contribution in [3.63, 3.8) is 0 Å². The molecule has 0 fully saturated rings. The first-order valence-corrected chi connectivity index (χ1v) is 7.05. The zero-order chi connectivity index (χ0) is 14.6. The quantitative estimate of drug-likeness (QED) is 0.879. The van der Waals surface area contributed by atoms with Gasteiger partial charge in [0.05, 0.1) is 0 Å². The molecule has 1 atom stereocenters. The molecule has 20 heavy (non-hydrogen) atoms. The highest BCUT2D eigenvalue weighted by atomic mass is 16.5. The minimum Gasteiger partial charge on any atom is -0.339 e. The van der Waals surface area contributed by atoms with E-state index in [1.54, 1.807) is 0 Å². The lowest BCUT2D eigenvalue weighted by Gasteiger charge is -2.19. The fourth-order valence-corrected chi connectivity index (χ4v) is 2.17. The molecule has 0 radical (unpaired) electrons. The molecule has 0 spiro atoms. The van der Waals surface area contributed by atoms with Crippen LogP contribution in [0.15, 0.2) is 34.9 Å². The summed E-state index contributed by atoms with van der Waals surface area (Å²) in [5, 5.41) is 7.27. The molecule has 1 unspecified atom stereocenters. The molecule has 4 nitrogen and oxygen atoms in total. The second-order valence-corrected chi connectivity index (χ2v) is 5.96. The van der Waals surface area contributed by atoms with E-state index in [-0.39, 0.29) is 5.41 Å². The van der Waals surface area contributed by atoms with Gasteiger partial charge in [-0.25, -0.2) is 0 Å². The van der Waals surface area contributed by atoms with Crippen LogP contribution in [0.4, 0.5) is 0 Å². The Bertz CT molecular complexity index is 534. The third-order valence-electron chi connectivity index (χ3n) is 3.52. The Labute approximate surface area is 120 Å². The van der Waals surface area contributed by atoms with Crippen LogP contribution in [0.1, 0.15) is 38.0 Å². The summed E-state index contributed by atoms with van der Waals surface area (Å²) in [6.07, 6.45) is 1.67. The van der Waals surface area contributed by atoms with Gasteiger partial charge in [-0.15, -0.1) is 0 Å². The van der Waals surface area contributed by atoms with Crippen LogP contribution in [0, 0.1) is 0 Å². The SMILES string of the molecule is CNC(C)Cc1noc(C(C)(C)Cc2ccccc2)n1. The van der Waals surface area contributed by atoms with Crippen molar-refractivity contribution in [2.75, 3.05) is 7.05 Å². The van der Waals surface area contributed by atoms with E-state index in [2.05, 4.69) is 60.5 Å². The summed E-state index contributed by atoms with van der Waals surface area (Å²) >= 11 is 0. The van der Waals surface area contributed by atoms with Gasteiger partial charge in [0, 0.05) is 17.9 Å². The van der Waals surface area contributed by atoms with Crippen molar-refractivity contribution in [1.29, 1.82) is 0 Å². The molecule has 108 valence electrons. The number of nitrogens with zero attached hydrogens (tertiary/aromatic N) is 2. The zero-order valence-electron chi connectivity index (χ0n) is 12.7. The highest BCUT2D eigenvalue weighted by Crippen LogP contribution is 2.26. The van der Waals surface area contributed by atoms with Crippen LogP contribution in [0.3, 0.4) is 0 Å². The lowest BCUT2D eigenvalue weighted by molar-refractivity contribution is 0.303. The van der Waals surface area contributed by atoms with Crippen LogP contribution in [-0.4, -0.2) is 23.2 Å². The smallest absolute Gasteiger partial charge is 0.232 e. The van der Waals surface area contributed by atoms with Crippen LogP contribution in [-0.2, 0) is 18.3 Å². The largest absolute Gasteiger partial charge is 0.339 e. The Morgan fingerprint density at radius 1 is 1.25 bits per heavy atom. The third kappa shape index (κ3) is 3.67. The fourth-order valence-electron chi connectivity index (χ4n) is 2.17. The molecule has 1 N–H and O–H groups in total. The Morgan fingerprint density at radius 2 is 1.95 bits per heavy atom. The summed E-state index contributed by atoms with van der Waals surface area (Å²) < 4.78 is 5.46. The molecule has 0 saturated heterocycles. The normalized spacial score (nSPS) is 13.4. The molecule has 0 aliphatic heterocycles. The average molecular weight is 273 g/mol. The standard InChI is InChI=1S/C16H23N3O/c1-12(17-4)10-14-18-15(20-19-14)16(2,3)11-13-8-6-5-7-9-13/h5-9,12,17H,10-11H2,1-4H3. The van der Waals surface area contributed by atoms with Gasteiger partial charge in [-0.1, -0.05) is 49.3 Å². The molecular formula is C16H23N3O. The minimum absolute atomic E-state index is 0.157. The summed E-state index contributed by atoms with van der Waals surface area (Å²) in [5.41, 5.74) is 1.12. The van der Waals surface area contributed by atoms with Crippen molar-refractivity contribution < 1.29 is 4.52 Å². The number of aromatic nitrogens is 2. The van der Waals surface area contributed by atoms with Gasteiger partial charge in [0.2, 0.25) is 5.89 Å². The molecule has 1 aromatic carbocycles. The zero-order valence-corrected chi connectivity index (χ0v) is 12.7. The van der Waals surface area contributed by atoms with E-state index in [9.17, 15) is 0 Å². The lowest BCUT2D eigenvalue weighted by atomic mass is 9.85. The van der Waals surface area contributed by atoms with Crippen molar-refractivity contribution in [3.05, 3.63) is 47.6 Å². The van der Waals surface area contributed by atoms with E-state index >= 15 is 0 Å². The first-order chi connectivity index (χ1) is 9.51. The van der Waals surface area contributed by atoms with Crippen LogP contribution in [0.25, 0.3) is 0 Å². The first kappa shape index (κ1) is 14.7. The number of nitrogens with one attached hydrogen (secondary N) is 1. The Morgan fingerprint density at radius 3 is 2.60 bits per heavy atom. The summed E-state index contributed by atoms with van der Waals surface area (Å²) in [4.78, 5) is 4.55. The predicted octanol–water partition coefficient (Wildman–Crippen LogP) is 2.74.